The van der Waals surface area contributed by atoms with Crippen LogP contribution in [0, 0.1) is 5.92 Å². The first kappa shape index (κ1) is 23.0. The molecule has 0 saturated heterocycles. The van der Waals surface area contributed by atoms with E-state index in [1.54, 1.807) is 0 Å². The van der Waals surface area contributed by atoms with Gasteiger partial charge in [-0.05, 0) is 49.8 Å². The Morgan fingerprint density at radius 2 is 1.88 bits per heavy atom. The van der Waals surface area contributed by atoms with E-state index in [2.05, 4.69) is 67.4 Å². The molecule has 1 fully saturated rings. The van der Waals surface area contributed by atoms with Crippen LogP contribution in [0.1, 0.15) is 25.3 Å². The number of nitrogens with one attached hydrogen (secondary N) is 1. The fraction of sp³-hybridized carbons (Fsp3) is 0.650. The molecular formula is C20H35IN4O. The molecule has 0 bridgehead atoms. The van der Waals surface area contributed by atoms with E-state index in [-0.39, 0.29) is 24.0 Å². The Bertz CT molecular complexity index is 529. The topological polar surface area (TPSA) is 40.1 Å². The van der Waals surface area contributed by atoms with Crippen LogP contribution in [0.25, 0.3) is 0 Å². The van der Waals surface area contributed by atoms with E-state index in [9.17, 15) is 0 Å². The van der Waals surface area contributed by atoms with Crippen molar-refractivity contribution in [2.45, 2.75) is 26.2 Å². The molecule has 1 aliphatic rings. The quantitative estimate of drug-likeness (QED) is 0.245. The SMILES string of the molecule is CCNC(=NCCc1ccc(N(C)C)cc1)N(C)CCOCC1CC1.I. The largest absolute Gasteiger partial charge is 0.379 e. The molecule has 0 amide bonds. The van der Waals surface area contributed by atoms with Crippen molar-refractivity contribution in [3.63, 3.8) is 0 Å². The van der Waals surface area contributed by atoms with E-state index < -0.39 is 0 Å². The van der Waals surface area contributed by atoms with Crippen molar-refractivity contribution in [3.8, 4) is 0 Å². The Morgan fingerprint density at radius 3 is 2.46 bits per heavy atom. The van der Waals surface area contributed by atoms with Crippen molar-refractivity contribution in [2.24, 2.45) is 10.9 Å². The summed E-state index contributed by atoms with van der Waals surface area (Å²) >= 11 is 0. The van der Waals surface area contributed by atoms with Gasteiger partial charge in [0.25, 0.3) is 0 Å². The number of benzene rings is 1. The lowest BCUT2D eigenvalue weighted by molar-refractivity contribution is 0.115. The predicted octanol–water partition coefficient (Wildman–Crippen LogP) is 3.24. The lowest BCUT2D eigenvalue weighted by Gasteiger charge is -2.22. The lowest BCUT2D eigenvalue weighted by Crippen LogP contribution is -2.40. The molecule has 5 nitrogen and oxygen atoms in total. The van der Waals surface area contributed by atoms with Crippen molar-refractivity contribution in [1.82, 2.24) is 10.2 Å². The van der Waals surface area contributed by atoms with Gasteiger partial charge in [0.15, 0.2) is 5.96 Å². The summed E-state index contributed by atoms with van der Waals surface area (Å²) in [5.74, 6) is 1.79. The zero-order chi connectivity index (χ0) is 18.1. The van der Waals surface area contributed by atoms with E-state index in [0.717, 1.165) is 51.1 Å². The summed E-state index contributed by atoms with van der Waals surface area (Å²) in [7, 11) is 6.20. The van der Waals surface area contributed by atoms with Crippen molar-refractivity contribution >= 4 is 35.6 Å². The second kappa shape index (κ2) is 12.4. The molecule has 1 saturated carbocycles. The molecule has 0 aliphatic heterocycles. The second-order valence-corrected chi connectivity index (χ2v) is 6.99. The standard InChI is InChI=1S/C20H34N4O.HI/c1-5-21-20(24(4)14-15-25-16-18-6-7-18)22-13-12-17-8-10-19(11-9-17)23(2)3;/h8-11,18H,5-7,12-16H2,1-4H3,(H,21,22);1H. The number of rotatable bonds is 10. The van der Waals surface area contributed by atoms with Gasteiger partial charge >= 0.3 is 0 Å². The molecule has 1 aromatic rings. The number of anilines is 1. The first-order chi connectivity index (χ1) is 12.1. The molecule has 148 valence electrons. The summed E-state index contributed by atoms with van der Waals surface area (Å²) < 4.78 is 5.73. The van der Waals surface area contributed by atoms with Crippen LogP contribution in [0.2, 0.25) is 0 Å². The van der Waals surface area contributed by atoms with Crippen molar-refractivity contribution in [3.05, 3.63) is 29.8 Å². The Morgan fingerprint density at radius 1 is 1.19 bits per heavy atom. The Balaban J connectivity index is 0.00000338. The summed E-state index contributed by atoms with van der Waals surface area (Å²) in [5.41, 5.74) is 2.55. The molecule has 2 rings (SSSR count). The minimum atomic E-state index is 0. The van der Waals surface area contributed by atoms with Crippen molar-refractivity contribution in [1.29, 1.82) is 0 Å². The normalized spacial score (nSPS) is 13.9. The Hall–Kier alpha value is -1.02. The maximum absolute atomic E-state index is 5.73. The van der Waals surface area contributed by atoms with Gasteiger partial charge in [-0.3, -0.25) is 4.99 Å². The predicted molar refractivity (Wildman–Crippen MR) is 122 cm³/mol. The molecule has 1 N–H and O–H groups in total. The van der Waals surface area contributed by atoms with Crippen LogP contribution in [0.15, 0.2) is 29.3 Å². The van der Waals surface area contributed by atoms with Crippen LogP contribution < -0.4 is 10.2 Å². The number of likely N-dealkylation sites (N-methyl/N-ethyl adjacent to an activating group) is 1. The zero-order valence-corrected chi connectivity index (χ0v) is 19.0. The van der Waals surface area contributed by atoms with Gasteiger partial charge in [0.1, 0.15) is 0 Å². The number of nitrogens with zero attached hydrogens (tertiary/aromatic N) is 3. The van der Waals surface area contributed by atoms with Gasteiger partial charge in [0.05, 0.1) is 6.61 Å². The number of hydrogen-bond acceptors (Lipinski definition) is 3. The minimum Gasteiger partial charge on any atom is -0.379 e. The number of ether oxygens (including phenoxy) is 1. The third kappa shape index (κ3) is 8.58. The zero-order valence-electron chi connectivity index (χ0n) is 16.7. The molecule has 1 aliphatic carbocycles. The van der Waals surface area contributed by atoms with Gasteiger partial charge in [-0.15, -0.1) is 24.0 Å². The number of halogens is 1. The Labute approximate surface area is 176 Å². The van der Waals surface area contributed by atoms with E-state index >= 15 is 0 Å². The summed E-state index contributed by atoms with van der Waals surface area (Å²) in [6.45, 7) is 6.33. The van der Waals surface area contributed by atoms with Crippen LogP contribution in [-0.2, 0) is 11.2 Å². The monoisotopic (exact) mass is 474 g/mol. The van der Waals surface area contributed by atoms with Crippen molar-refractivity contribution in [2.75, 3.05) is 58.9 Å². The summed E-state index contributed by atoms with van der Waals surface area (Å²) in [6.07, 6.45) is 3.64. The van der Waals surface area contributed by atoms with Crippen molar-refractivity contribution < 1.29 is 4.74 Å². The van der Waals surface area contributed by atoms with Gasteiger partial charge in [-0.2, -0.15) is 0 Å². The second-order valence-electron chi connectivity index (χ2n) is 6.99. The molecule has 0 unspecified atom stereocenters. The summed E-state index contributed by atoms with van der Waals surface area (Å²) in [6, 6.07) is 8.70. The van der Waals surface area contributed by atoms with Gasteiger partial charge in [0, 0.05) is 53.1 Å². The highest BCUT2D eigenvalue weighted by molar-refractivity contribution is 14.0. The first-order valence-electron chi connectivity index (χ1n) is 9.43. The number of guanidine groups is 1. The van der Waals surface area contributed by atoms with Gasteiger partial charge in [-0.1, -0.05) is 12.1 Å². The fourth-order valence-electron chi connectivity index (χ4n) is 2.56. The third-order valence-electron chi connectivity index (χ3n) is 4.43. The van der Waals surface area contributed by atoms with Gasteiger partial charge in [0.2, 0.25) is 0 Å². The summed E-state index contributed by atoms with van der Waals surface area (Å²) in [4.78, 5) is 9.03. The maximum Gasteiger partial charge on any atom is 0.193 e. The lowest BCUT2D eigenvalue weighted by atomic mass is 10.1. The average Bonchev–Trinajstić information content (AvgIpc) is 3.42. The smallest absolute Gasteiger partial charge is 0.193 e. The molecule has 0 aromatic heterocycles. The van der Waals surface area contributed by atoms with Crippen LogP contribution in [0.3, 0.4) is 0 Å². The highest BCUT2D eigenvalue weighted by Crippen LogP contribution is 2.28. The van der Waals surface area contributed by atoms with Crippen LogP contribution in [-0.4, -0.2) is 64.9 Å². The molecule has 1 aromatic carbocycles. The molecule has 6 heteroatoms. The number of aliphatic imine (C=N–C) groups is 1. The molecular weight excluding hydrogens is 439 g/mol. The van der Waals surface area contributed by atoms with Gasteiger partial charge < -0.3 is 19.9 Å². The highest BCUT2D eigenvalue weighted by Gasteiger charge is 2.21. The molecule has 0 atom stereocenters. The molecule has 0 spiro atoms. The van der Waals surface area contributed by atoms with E-state index in [1.165, 1.54) is 24.1 Å². The van der Waals surface area contributed by atoms with Crippen LogP contribution >= 0.6 is 24.0 Å². The van der Waals surface area contributed by atoms with Gasteiger partial charge in [-0.25, -0.2) is 0 Å². The van der Waals surface area contributed by atoms with Crippen LogP contribution in [0.5, 0.6) is 0 Å². The first-order valence-corrected chi connectivity index (χ1v) is 9.43. The van der Waals surface area contributed by atoms with Crippen LogP contribution in [0.4, 0.5) is 5.69 Å². The number of hydrogen-bond donors (Lipinski definition) is 1. The molecule has 0 radical (unpaired) electrons. The minimum absolute atomic E-state index is 0. The van der Waals surface area contributed by atoms with E-state index in [1.807, 2.05) is 0 Å². The van der Waals surface area contributed by atoms with E-state index in [0.29, 0.717) is 0 Å². The van der Waals surface area contributed by atoms with E-state index in [4.69, 9.17) is 9.73 Å². The third-order valence-corrected chi connectivity index (χ3v) is 4.43. The fourth-order valence-corrected chi connectivity index (χ4v) is 2.56. The molecule has 26 heavy (non-hydrogen) atoms. The Kier molecular flexibility index (Phi) is 11.0. The highest BCUT2D eigenvalue weighted by atomic mass is 127. The maximum atomic E-state index is 5.73. The summed E-state index contributed by atoms with van der Waals surface area (Å²) in [5, 5.41) is 3.37. The average molecular weight is 474 g/mol. The molecule has 0 heterocycles.